The molecule has 2 aromatic carbocycles. The average Bonchev–Trinajstić information content (AvgIpc) is 3.47. The van der Waals surface area contributed by atoms with Gasteiger partial charge < -0.3 is 10.3 Å². The SMILES string of the molecule is O=C(NC1c2ccccc2-c2c(-c3ccc(C(F)(F)F)nc3)cccc21)c1ccnc2[nH]ccc12. The first-order valence-electron chi connectivity index (χ1n) is 10.9. The third kappa shape index (κ3) is 3.45. The standard InChI is InChI=1S/C27H17F3N4O/c28-27(29,30)22-9-8-15(14-33-22)16-6-3-7-21-23(16)17-4-1-2-5-18(17)24(21)34-26(35)20-11-13-32-25-19(20)10-12-31-25/h1-14,24H,(H,31,32)(H,34,35). The number of carbonyl (C=O) groups is 1. The predicted molar refractivity (Wildman–Crippen MR) is 126 cm³/mol. The number of pyridine rings is 2. The molecule has 0 bridgehead atoms. The average molecular weight is 470 g/mol. The molecule has 5 aromatic rings. The summed E-state index contributed by atoms with van der Waals surface area (Å²) in [5.74, 6) is -0.244. The number of halogens is 3. The largest absolute Gasteiger partial charge is 0.433 e. The van der Waals surface area contributed by atoms with Crippen molar-refractivity contribution in [2.45, 2.75) is 12.2 Å². The van der Waals surface area contributed by atoms with Crippen LogP contribution in [0.1, 0.15) is 33.2 Å². The van der Waals surface area contributed by atoms with Gasteiger partial charge in [-0.2, -0.15) is 13.2 Å². The molecule has 1 aliphatic rings. The van der Waals surface area contributed by atoms with Gasteiger partial charge in [0.2, 0.25) is 0 Å². The van der Waals surface area contributed by atoms with E-state index in [1.807, 2.05) is 48.5 Å². The lowest BCUT2D eigenvalue weighted by atomic mass is 9.95. The van der Waals surface area contributed by atoms with Gasteiger partial charge in [0.1, 0.15) is 11.3 Å². The van der Waals surface area contributed by atoms with Gasteiger partial charge in [0, 0.05) is 29.5 Å². The van der Waals surface area contributed by atoms with Crippen molar-refractivity contribution in [1.82, 2.24) is 20.3 Å². The second kappa shape index (κ2) is 7.80. The van der Waals surface area contributed by atoms with Crippen LogP contribution in [-0.4, -0.2) is 20.9 Å². The molecule has 172 valence electrons. The molecule has 0 saturated carbocycles. The number of hydrogen-bond acceptors (Lipinski definition) is 3. The minimum Gasteiger partial charge on any atom is -0.346 e. The quantitative estimate of drug-likeness (QED) is 0.333. The lowest BCUT2D eigenvalue weighted by molar-refractivity contribution is -0.141. The number of fused-ring (bicyclic) bond motifs is 4. The van der Waals surface area contributed by atoms with Gasteiger partial charge in [0.05, 0.1) is 11.6 Å². The summed E-state index contributed by atoms with van der Waals surface area (Å²) in [6, 6.07) is 18.8. The number of nitrogens with one attached hydrogen (secondary N) is 2. The highest BCUT2D eigenvalue weighted by atomic mass is 19.4. The topological polar surface area (TPSA) is 70.7 Å². The lowest BCUT2D eigenvalue weighted by Crippen LogP contribution is -2.28. The molecular formula is C27H17F3N4O. The summed E-state index contributed by atoms with van der Waals surface area (Å²) < 4.78 is 39.1. The Hall–Kier alpha value is -4.46. The number of aromatic nitrogens is 3. The number of alkyl halides is 3. The first-order chi connectivity index (χ1) is 16.9. The maximum atomic E-state index is 13.3. The molecule has 6 rings (SSSR count). The summed E-state index contributed by atoms with van der Waals surface area (Å²) >= 11 is 0. The van der Waals surface area contributed by atoms with Crippen molar-refractivity contribution in [2.75, 3.05) is 0 Å². The minimum atomic E-state index is -4.50. The van der Waals surface area contributed by atoms with Gasteiger partial charge in [-0.25, -0.2) is 4.98 Å². The Morgan fingerprint density at radius 2 is 1.69 bits per heavy atom. The first kappa shape index (κ1) is 21.1. The summed E-state index contributed by atoms with van der Waals surface area (Å²) in [6.45, 7) is 0. The molecule has 1 amide bonds. The van der Waals surface area contributed by atoms with Crippen LogP contribution in [0.2, 0.25) is 0 Å². The molecule has 0 aliphatic heterocycles. The number of rotatable bonds is 3. The Kier molecular flexibility index (Phi) is 4.70. The number of nitrogens with zero attached hydrogens (tertiary/aromatic N) is 2. The van der Waals surface area contributed by atoms with E-state index in [9.17, 15) is 18.0 Å². The Morgan fingerprint density at radius 3 is 2.49 bits per heavy atom. The van der Waals surface area contributed by atoms with Crippen LogP contribution >= 0.6 is 0 Å². The summed E-state index contributed by atoms with van der Waals surface area (Å²) in [5, 5.41) is 3.88. The lowest BCUT2D eigenvalue weighted by Gasteiger charge is -2.17. The van der Waals surface area contributed by atoms with E-state index in [1.165, 1.54) is 12.3 Å². The Morgan fingerprint density at radius 1 is 0.886 bits per heavy atom. The molecule has 0 radical (unpaired) electrons. The highest BCUT2D eigenvalue weighted by molar-refractivity contribution is 6.06. The van der Waals surface area contributed by atoms with Crippen LogP contribution in [0.15, 0.2) is 85.3 Å². The molecule has 1 atom stereocenters. The van der Waals surface area contributed by atoms with E-state index in [0.717, 1.165) is 39.3 Å². The second-order valence-corrected chi connectivity index (χ2v) is 8.29. The van der Waals surface area contributed by atoms with Crippen LogP contribution in [0.25, 0.3) is 33.3 Å². The normalized spacial score (nSPS) is 14.5. The van der Waals surface area contributed by atoms with Crippen molar-refractivity contribution in [3.05, 3.63) is 108 Å². The van der Waals surface area contributed by atoms with Gasteiger partial charge >= 0.3 is 6.18 Å². The smallest absolute Gasteiger partial charge is 0.346 e. The van der Waals surface area contributed by atoms with Gasteiger partial charge in [-0.3, -0.25) is 9.78 Å². The van der Waals surface area contributed by atoms with Crippen LogP contribution < -0.4 is 5.32 Å². The van der Waals surface area contributed by atoms with Crippen LogP contribution in [0, 0.1) is 0 Å². The second-order valence-electron chi connectivity index (χ2n) is 8.29. The van der Waals surface area contributed by atoms with E-state index < -0.39 is 17.9 Å². The number of H-pyrrole nitrogens is 1. The number of amides is 1. The maximum absolute atomic E-state index is 13.3. The van der Waals surface area contributed by atoms with Crippen LogP contribution in [0.3, 0.4) is 0 Å². The van der Waals surface area contributed by atoms with Gasteiger partial charge in [-0.1, -0.05) is 48.5 Å². The fraction of sp³-hybridized carbons (Fsp3) is 0.0741. The molecule has 0 fully saturated rings. The molecule has 35 heavy (non-hydrogen) atoms. The number of benzene rings is 2. The van der Waals surface area contributed by atoms with E-state index in [1.54, 1.807) is 18.5 Å². The van der Waals surface area contributed by atoms with Crippen LogP contribution in [0.5, 0.6) is 0 Å². The van der Waals surface area contributed by atoms with E-state index in [4.69, 9.17) is 0 Å². The molecule has 2 N–H and O–H groups in total. The molecule has 5 nitrogen and oxygen atoms in total. The molecule has 1 unspecified atom stereocenters. The fourth-order valence-corrected chi connectivity index (χ4v) is 4.74. The number of aromatic amines is 1. The molecule has 0 spiro atoms. The van der Waals surface area contributed by atoms with Gasteiger partial charge in [-0.15, -0.1) is 0 Å². The molecule has 3 heterocycles. The number of hydrogen-bond donors (Lipinski definition) is 2. The zero-order valence-corrected chi connectivity index (χ0v) is 18.1. The van der Waals surface area contributed by atoms with Crippen LogP contribution in [-0.2, 0) is 6.18 Å². The maximum Gasteiger partial charge on any atom is 0.433 e. The summed E-state index contributed by atoms with van der Waals surface area (Å²) in [6.07, 6.45) is 0.0581. The van der Waals surface area contributed by atoms with Gasteiger partial charge in [0.25, 0.3) is 5.91 Å². The van der Waals surface area contributed by atoms with E-state index in [0.29, 0.717) is 16.8 Å². The molecular weight excluding hydrogens is 453 g/mol. The Labute approximate surface area is 197 Å². The van der Waals surface area contributed by atoms with Crippen molar-refractivity contribution in [1.29, 1.82) is 0 Å². The summed E-state index contributed by atoms with van der Waals surface area (Å²) in [4.78, 5) is 24.2. The van der Waals surface area contributed by atoms with E-state index in [-0.39, 0.29) is 5.91 Å². The zero-order valence-electron chi connectivity index (χ0n) is 18.1. The Balaban J connectivity index is 1.44. The predicted octanol–water partition coefficient (Wildman–Crippen LogP) is 6.14. The monoisotopic (exact) mass is 470 g/mol. The van der Waals surface area contributed by atoms with Crippen molar-refractivity contribution >= 4 is 16.9 Å². The highest BCUT2D eigenvalue weighted by Gasteiger charge is 2.34. The molecule has 3 aromatic heterocycles. The van der Waals surface area contributed by atoms with Crippen molar-refractivity contribution in [3.63, 3.8) is 0 Å². The summed E-state index contributed by atoms with van der Waals surface area (Å²) in [7, 11) is 0. The third-order valence-corrected chi connectivity index (χ3v) is 6.29. The van der Waals surface area contributed by atoms with E-state index in [2.05, 4.69) is 20.3 Å². The number of carbonyl (C=O) groups excluding carboxylic acids is 1. The summed E-state index contributed by atoms with van der Waals surface area (Å²) in [5.41, 5.74) is 5.10. The molecule has 8 heteroatoms. The third-order valence-electron chi connectivity index (χ3n) is 6.29. The first-order valence-corrected chi connectivity index (χ1v) is 10.9. The van der Waals surface area contributed by atoms with E-state index >= 15 is 0 Å². The van der Waals surface area contributed by atoms with Gasteiger partial charge in [-0.05, 0) is 46.0 Å². The fourth-order valence-electron chi connectivity index (χ4n) is 4.74. The molecule has 0 saturated heterocycles. The minimum absolute atomic E-state index is 0.244. The van der Waals surface area contributed by atoms with Crippen molar-refractivity contribution < 1.29 is 18.0 Å². The highest BCUT2D eigenvalue weighted by Crippen LogP contribution is 2.48. The van der Waals surface area contributed by atoms with Gasteiger partial charge in [0.15, 0.2) is 0 Å². The molecule has 1 aliphatic carbocycles. The van der Waals surface area contributed by atoms with Crippen molar-refractivity contribution in [3.8, 4) is 22.3 Å². The van der Waals surface area contributed by atoms with Crippen molar-refractivity contribution in [2.24, 2.45) is 0 Å². The Bertz CT molecular complexity index is 1590. The van der Waals surface area contributed by atoms with Crippen LogP contribution in [0.4, 0.5) is 13.2 Å². The zero-order chi connectivity index (χ0) is 24.2.